The van der Waals surface area contributed by atoms with Crippen LogP contribution in [0.2, 0.25) is 0 Å². The molecule has 0 heterocycles. The Morgan fingerprint density at radius 3 is 2.62 bits per heavy atom. The van der Waals surface area contributed by atoms with Gasteiger partial charge in [0.25, 0.3) is 0 Å². The quantitative estimate of drug-likeness (QED) is 0.691. The van der Waals surface area contributed by atoms with E-state index >= 15 is 0 Å². The smallest absolute Gasteiger partial charge is 0.126 e. The van der Waals surface area contributed by atoms with Crippen molar-refractivity contribution in [2.75, 3.05) is 19.8 Å². The van der Waals surface area contributed by atoms with Gasteiger partial charge in [0.2, 0.25) is 0 Å². The fraction of sp³-hybridized carbons (Fsp3) is 0.400. The van der Waals surface area contributed by atoms with Crippen molar-refractivity contribution < 1.29 is 8.78 Å². The van der Waals surface area contributed by atoms with Gasteiger partial charge in [-0.2, -0.15) is 0 Å². The van der Waals surface area contributed by atoms with E-state index in [4.69, 9.17) is 0 Å². The zero-order valence-electron chi connectivity index (χ0n) is 7.39. The van der Waals surface area contributed by atoms with E-state index in [1.165, 1.54) is 6.07 Å². The molecule has 0 aliphatic heterocycles. The summed E-state index contributed by atoms with van der Waals surface area (Å²) in [5.41, 5.74) is 0.675. The van der Waals surface area contributed by atoms with E-state index in [1.54, 1.807) is 18.2 Å². The van der Waals surface area contributed by atoms with Crippen LogP contribution in [0, 0.1) is 5.82 Å². The summed E-state index contributed by atoms with van der Waals surface area (Å²) in [4.78, 5) is 0. The molecule has 1 nitrogen and oxygen atoms in total. The number of hydrogen-bond acceptors (Lipinski definition) is 1. The molecule has 0 radical (unpaired) electrons. The first-order valence-corrected chi connectivity index (χ1v) is 4.34. The molecule has 0 unspecified atom stereocenters. The minimum absolute atomic E-state index is 0.190. The molecule has 1 rings (SSSR count). The van der Waals surface area contributed by atoms with Crippen LogP contribution in [0.3, 0.4) is 0 Å². The Labute approximate surface area is 76.8 Å². The summed E-state index contributed by atoms with van der Waals surface area (Å²) in [6.45, 7) is 0.580. The van der Waals surface area contributed by atoms with Gasteiger partial charge in [0.15, 0.2) is 0 Å². The monoisotopic (exact) mass is 185 g/mol. The SMILES string of the molecule is FCCNCCc1ccccc1F. The van der Waals surface area contributed by atoms with Crippen LogP contribution in [-0.4, -0.2) is 19.8 Å². The summed E-state index contributed by atoms with van der Waals surface area (Å²) in [5.74, 6) is -0.190. The number of halogens is 2. The second kappa shape index (κ2) is 5.65. The topological polar surface area (TPSA) is 12.0 Å². The van der Waals surface area contributed by atoms with Gasteiger partial charge in [-0.05, 0) is 24.6 Å². The highest BCUT2D eigenvalue weighted by Gasteiger charge is 1.98. The number of nitrogens with one attached hydrogen (secondary N) is 1. The lowest BCUT2D eigenvalue weighted by atomic mass is 10.1. The molecule has 0 fully saturated rings. The molecule has 1 aromatic carbocycles. The van der Waals surface area contributed by atoms with Crippen LogP contribution < -0.4 is 5.32 Å². The Morgan fingerprint density at radius 1 is 1.15 bits per heavy atom. The van der Waals surface area contributed by atoms with Crippen molar-refractivity contribution in [1.29, 1.82) is 0 Å². The number of alkyl halides is 1. The van der Waals surface area contributed by atoms with E-state index in [0.29, 0.717) is 25.1 Å². The summed E-state index contributed by atoms with van der Waals surface area (Å²) >= 11 is 0. The van der Waals surface area contributed by atoms with E-state index in [2.05, 4.69) is 5.32 Å². The highest BCUT2D eigenvalue weighted by Crippen LogP contribution is 2.05. The molecule has 0 amide bonds. The summed E-state index contributed by atoms with van der Waals surface area (Å²) in [6, 6.07) is 6.64. The van der Waals surface area contributed by atoms with Gasteiger partial charge in [-0.15, -0.1) is 0 Å². The van der Waals surface area contributed by atoms with E-state index < -0.39 is 0 Å². The average Bonchev–Trinajstić information content (AvgIpc) is 2.15. The second-order valence-corrected chi connectivity index (χ2v) is 2.78. The fourth-order valence-electron chi connectivity index (χ4n) is 1.12. The number of rotatable bonds is 5. The lowest BCUT2D eigenvalue weighted by Crippen LogP contribution is -2.19. The average molecular weight is 185 g/mol. The zero-order valence-corrected chi connectivity index (χ0v) is 7.39. The third kappa shape index (κ3) is 3.51. The van der Waals surface area contributed by atoms with Gasteiger partial charge in [-0.1, -0.05) is 18.2 Å². The van der Waals surface area contributed by atoms with Crippen molar-refractivity contribution in [3.8, 4) is 0 Å². The standard InChI is InChI=1S/C10H13F2N/c11-6-8-13-7-5-9-3-1-2-4-10(9)12/h1-4,13H,5-8H2. The zero-order chi connectivity index (χ0) is 9.52. The van der Waals surface area contributed by atoms with Crippen LogP contribution in [0.15, 0.2) is 24.3 Å². The van der Waals surface area contributed by atoms with Gasteiger partial charge >= 0.3 is 0 Å². The van der Waals surface area contributed by atoms with Gasteiger partial charge in [-0.25, -0.2) is 8.78 Å². The Kier molecular flexibility index (Phi) is 4.40. The van der Waals surface area contributed by atoms with Crippen LogP contribution in [0.1, 0.15) is 5.56 Å². The fourth-order valence-corrected chi connectivity index (χ4v) is 1.12. The lowest BCUT2D eigenvalue weighted by molar-refractivity contribution is 0.467. The molecule has 0 bridgehead atoms. The van der Waals surface area contributed by atoms with Crippen molar-refractivity contribution in [3.63, 3.8) is 0 Å². The van der Waals surface area contributed by atoms with Crippen molar-refractivity contribution in [1.82, 2.24) is 5.32 Å². The Morgan fingerprint density at radius 2 is 1.92 bits per heavy atom. The number of hydrogen-bond donors (Lipinski definition) is 1. The minimum atomic E-state index is -0.378. The Hall–Kier alpha value is -0.960. The van der Waals surface area contributed by atoms with Crippen LogP contribution in [0.5, 0.6) is 0 Å². The molecule has 0 aliphatic rings. The van der Waals surface area contributed by atoms with Gasteiger partial charge in [0, 0.05) is 6.54 Å². The molecule has 0 aliphatic carbocycles. The van der Waals surface area contributed by atoms with Crippen LogP contribution in [0.4, 0.5) is 8.78 Å². The van der Waals surface area contributed by atoms with Crippen molar-refractivity contribution in [2.45, 2.75) is 6.42 Å². The molecular formula is C10H13F2N. The first kappa shape index (κ1) is 10.1. The molecule has 1 aromatic rings. The molecule has 13 heavy (non-hydrogen) atoms. The van der Waals surface area contributed by atoms with E-state index in [1.807, 2.05) is 0 Å². The maximum absolute atomic E-state index is 13.0. The maximum Gasteiger partial charge on any atom is 0.126 e. The molecule has 0 atom stereocenters. The van der Waals surface area contributed by atoms with Gasteiger partial charge in [-0.3, -0.25) is 0 Å². The Balaban J connectivity index is 2.32. The van der Waals surface area contributed by atoms with E-state index in [9.17, 15) is 8.78 Å². The van der Waals surface area contributed by atoms with Crippen molar-refractivity contribution in [2.24, 2.45) is 0 Å². The minimum Gasteiger partial charge on any atom is -0.314 e. The van der Waals surface area contributed by atoms with E-state index in [0.717, 1.165) is 0 Å². The predicted molar refractivity (Wildman–Crippen MR) is 48.9 cm³/mol. The highest BCUT2D eigenvalue weighted by molar-refractivity contribution is 5.17. The molecular weight excluding hydrogens is 172 g/mol. The van der Waals surface area contributed by atoms with Gasteiger partial charge in [0.05, 0.1) is 0 Å². The molecule has 0 saturated heterocycles. The summed E-state index contributed by atoms with van der Waals surface area (Å²) < 4.78 is 24.7. The first-order chi connectivity index (χ1) is 6.34. The van der Waals surface area contributed by atoms with Crippen molar-refractivity contribution >= 4 is 0 Å². The third-order valence-electron chi connectivity index (χ3n) is 1.80. The first-order valence-electron chi connectivity index (χ1n) is 4.34. The summed E-state index contributed by atoms with van der Waals surface area (Å²) in [6.07, 6.45) is 0.604. The normalized spacial score (nSPS) is 10.3. The summed E-state index contributed by atoms with van der Waals surface area (Å²) in [5, 5.41) is 2.87. The van der Waals surface area contributed by atoms with Crippen LogP contribution >= 0.6 is 0 Å². The highest BCUT2D eigenvalue weighted by atomic mass is 19.1. The molecule has 0 spiro atoms. The third-order valence-corrected chi connectivity index (χ3v) is 1.80. The van der Waals surface area contributed by atoms with Crippen LogP contribution in [-0.2, 0) is 6.42 Å². The molecule has 0 saturated carbocycles. The van der Waals surface area contributed by atoms with Gasteiger partial charge in [0.1, 0.15) is 12.5 Å². The van der Waals surface area contributed by atoms with E-state index in [-0.39, 0.29) is 12.5 Å². The Bertz CT molecular complexity index is 250. The molecule has 0 aromatic heterocycles. The predicted octanol–water partition coefficient (Wildman–Crippen LogP) is 1.93. The maximum atomic E-state index is 13.0. The van der Waals surface area contributed by atoms with Crippen molar-refractivity contribution in [3.05, 3.63) is 35.6 Å². The number of benzene rings is 1. The molecule has 1 N–H and O–H groups in total. The lowest BCUT2D eigenvalue weighted by Gasteiger charge is -2.03. The van der Waals surface area contributed by atoms with Crippen LogP contribution in [0.25, 0.3) is 0 Å². The molecule has 3 heteroatoms. The van der Waals surface area contributed by atoms with Gasteiger partial charge < -0.3 is 5.32 Å². The second-order valence-electron chi connectivity index (χ2n) is 2.78. The summed E-state index contributed by atoms with van der Waals surface area (Å²) in [7, 11) is 0. The largest absolute Gasteiger partial charge is 0.314 e. The molecule has 72 valence electrons.